The summed E-state index contributed by atoms with van der Waals surface area (Å²) in [6, 6.07) is 9.82. The van der Waals surface area contributed by atoms with Crippen molar-refractivity contribution < 1.29 is 14.3 Å². The van der Waals surface area contributed by atoms with E-state index in [0.717, 1.165) is 25.6 Å². The third-order valence-corrected chi connectivity index (χ3v) is 5.88. The number of rotatable bonds is 1. The highest BCUT2D eigenvalue weighted by molar-refractivity contribution is 9.13. The van der Waals surface area contributed by atoms with E-state index in [2.05, 4.69) is 44.0 Å². The first-order valence-corrected chi connectivity index (χ1v) is 8.05. The van der Waals surface area contributed by atoms with E-state index in [-0.39, 0.29) is 18.2 Å². The molecule has 2 heterocycles. The zero-order chi connectivity index (χ0) is 14.7. The molecule has 0 spiro atoms. The van der Waals surface area contributed by atoms with Gasteiger partial charge in [-0.15, -0.1) is 0 Å². The van der Waals surface area contributed by atoms with Gasteiger partial charge in [-0.05, 0) is 78.4 Å². The van der Waals surface area contributed by atoms with Crippen molar-refractivity contribution in [3.05, 3.63) is 67.1 Å². The van der Waals surface area contributed by atoms with E-state index in [1.165, 1.54) is 12.7 Å². The molecule has 2 bridgehead atoms. The van der Waals surface area contributed by atoms with E-state index in [0.29, 0.717) is 5.56 Å². The number of ether oxygens (including phenoxy) is 2. The van der Waals surface area contributed by atoms with Gasteiger partial charge in [-0.25, -0.2) is 4.79 Å². The Balaban J connectivity index is 1.85. The van der Waals surface area contributed by atoms with Crippen LogP contribution in [0, 0.1) is 0 Å². The standard InChI is InChI=1S/C16H10Br2O3/c1-20-16(19)7-2-3-8-9(4-7)15-11-6-13(18)12(17)5-10(11)14(8)21-15/h2-6,14-15H,1H3. The van der Waals surface area contributed by atoms with E-state index in [9.17, 15) is 4.79 Å². The summed E-state index contributed by atoms with van der Waals surface area (Å²) in [6.07, 6.45) is -0.148. The average molecular weight is 410 g/mol. The van der Waals surface area contributed by atoms with Crippen molar-refractivity contribution in [1.29, 1.82) is 0 Å². The molecule has 0 amide bonds. The number of halogens is 2. The van der Waals surface area contributed by atoms with Crippen LogP contribution in [0.3, 0.4) is 0 Å². The van der Waals surface area contributed by atoms with Crippen LogP contribution in [-0.4, -0.2) is 13.1 Å². The van der Waals surface area contributed by atoms with Gasteiger partial charge in [0.2, 0.25) is 0 Å². The fraction of sp³-hybridized carbons (Fsp3) is 0.188. The molecule has 0 N–H and O–H groups in total. The molecule has 2 atom stereocenters. The van der Waals surface area contributed by atoms with Crippen molar-refractivity contribution >= 4 is 37.8 Å². The Morgan fingerprint density at radius 3 is 2.19 bits per heavy atom. The minimum absolute atomic E-state index is 0.0453. The van der Waals surface area contributed by atoms with Gasteiger partial charge in [0, 0.05) is 8.95 Å². The Bertz CT molecular complexity index is 785. The van der Waals surface area contributed by atoms with Crippen molar-refractivity contribution in [3.8, 4) is 0 Å². The zero-order valence-electron chi connectivity index (χ0n) is 11.0. The third kappa shape index (κ3) is 1.84. The normalized spacial score (nSPS) is 21.1. The zero-order valence-corrected chi connectivity index (χ0v) is 14.2. The SMILES string of the molecule is COC(=O)c1ccc2c(c1)C1OC2c2cc(Br)c(Br)cc21. The summed E-state index contributed by atoms with van der Waals surface area (Å²) in [6.45, 7) is 0. The van der Waals surface area contributed by atoms with Crippen LogP contribution in [0.2, 0.25) is 0 Å². The molecule has 2 aliphatic rings. The van der Waals surface area contributed by atoms with Crippen molar-refractivity contribution in [2.24, 2.45) is 0 Å². The molecule has 0 radical (unpaired) electrons. The van der Waals surface area contributed by atoms with Crippen molar-refractivity contribution in [3.63, 3.8) is 0 Å². The Labute approximate surface area is 138 Å². The first kappa shape index (κ1) is 13.5. The van der Waals surface area contributed by atoms with Gasteiger partial charge in [0.05, 0.1) is 12.7 Å². The molecule has 0 fully saturated rings. The van der Waals surface area contributed by atoms with Gasteiger partial charge >= 0.3 is 5.97 Å². The maximum Gasteiger partial charge on any atom is 0.337 e. The lowest BCUT2D eigenvalue weighted by Crippen LogP contribution is -2.07. The van der Waals surface area contributed by atoms with Crippen LogP contribution in [0.5, 0.6) is 0 Å². The lowest BCUT2D eigenvalue weighted by Gasteiger charge is -2.17. The molecule has 0 aliphatic carbocycles. The highest BCUT2D eigenvalue weighted by Crippen LogP contribution is 2.55. The second-order valence-corrected chi connectivity index (χ2v) is 6.84. The number of fused-ring (bicyclic) bond motifs is 8. The van der Waals surface area contributed by atoms with Crippen LogP contribution < -0.4 is 0 Å². The summed E-state index contributed by atoms with van der Waals surface area (Å²) in [4.78, 5) is 11.7. The number of esters is 1. The van der Waals surface area contributed by atoms with E-state index in [1.54, 1.807) is 6.07 Å². The first-order chi connectivity index (χ1) is 10.1. The lowest BCUT2D eigenvalue weighted by atomic mass is 9.85. The molecule has 2 aliphatic heterocycles. The van der Waals surface area contributed by atoms with Crippen LogP contribution >= 0.6 is 31.9 Å². The van der Waals surface area contributed by atoms with Gasteiger partial charge in [-0.1, -0.05) is 6.07 Å². The number of carbonyl (C=O) groups excluding carboxylic acids is 1. The third-order valence-electron chi connectivity index (χ3n) is 4.04. The second kappa shape index (κ2) is 4.66. The Morgan fingerprint density at radius 2 is 1.57 bits per heavy atom. The molecule has 4 rings (SSSR count). The second-order valence-electron chi connectivity index (χ2n) is 5.13. The predicted octanol–water partition coefficient (Wildman–Crippen LogP) is 4.52. The molecule has 5 heteroatoms. The van der Waals surface area contributed by atoms with Gasteiger partial charge in [0.1, 0.15) is 12.2 Å². The lowest BCUT2D eigenvalue weighted by molar-refractivity contribution is 0.0600. The quantitative estimate of drug-likeness (QED) is 0.649. The number of benzene rings is 2. The van der Waals surface area contributed by atoms with Crippen LogP contribution in [0.15, 0.2) is 39.3 Å². The van der Waals surface area contributed by atoms with Crippen molar-refractivity contribution in [2.45, 2.75) is 12.2 Å². The summed E-state index contributed by atoms with van der Waals surface area (Å²) in [5.74, 6) is -0.321. The smallest absolute Gasteiger partial charge is 0.337 e. The van der Waals surface area contributed by atoms with Gasteiger partial charge < -0.3 is 9.47 Å². The monoisotopic (exact) mass is 408 g/mol. The van der Waals surface area contributed by atoms with Gasteiger partial charge in [0.25, 0.3) is 0 Å². The van der Waals surface area contributed by atoms with E-state index in [4.69, 9.17) is 9.47 Å². The molecule has 2 aromatic carbocycles. The van der Waals surface area contributed by atoms with E-state index >= 15 is 0 Å². The Morgan fingerprint density at radius 1 is 1.00 bits per heavy atom. The van der Waals surface area contributed by atoms with Crippen molar-refractivity contribution in [2.75, 3.05) is 7.11 Å². The fourth-order valence-electron chi connectivity index (χ4n) is 3.08. The van der Waals surface area contributed by atoms with Crippen molar-refractivity contribution in [1.82, 2.24) is 0 Å². The average Bonchev–Trinajstić information content (AvgIpc) is 3.03. The first-order valence-electron chi connectivity index (χ1n) is 6.46. The topological polar surface area (TPSA) is 35.5 Å². The number of carbonyl (C=O) groups is 1. The minimum Gasteiger partial charge on any atom is -0.465 e. The van der Waals surface area contributed by atoms with Gasteiger partial charge in [-0.2, -0.15) is 0 Å². The molecule has 2 aromatic rings. The summed E-state index contributed by atoms with van der Waals surface area (Å²) in [5.41, 5.74) is 5.10. The minimum atomic E-state index is -0.321. The van der Waals surface area contributed by atoms with Crippen LogP contribution in [-0.2, 0) is 9.47 Å². The molecule has 106 valence electrons. The molecule has 21 heavy (non-hydrogen) atoms. The largest absolute Gasteiger partial charge is 0.465 e. The van der Waals surface area contributed by atoms with Crippen LogP contribution in [0.1, 0.15) is 44.8 Å². The highest BCUT2D eigenvalue weighted by Gasteiger charge is 2.43. The molecule has 0 aromatic heterocycles. The molecule has 0 saturated carbocycles. The van der Waals surface area contributed by atoms with E-state index < -0.39 is 0 Å². The molecule has 0 saturated heterocycles. The van der Waals surface area contributed by atoms with Crippen LogP contribution in [0.25, 0.3) is 0 Å². The summed E-state index contributed by atoms with van der Waals surface area (Å²) in [7, 11) is 1.39. The predicted molar refractivity (Wildman–Crippen MR) is 84.4 cm³/mol. The molecule has 3 nitrogen and oxygen atoms in total. The molecule has 2 unspecified atom stereocenters. The molecular formula is C16H10Br2O3. The summed E-state index contributed by atoms with van der Waals surface area (Å²) in [5, 5.41) is 0. The number of hydrogen-bond acceptors (Lipinski definition) is 3. The van der Waals surface area contributed by atoms with E-state index in [1.807, 2.05) is 12.1 Å². The summed E-state index contributed by atoms with van der Waals surface area (Å²) >= 11 is 7.07. The highest BCUT2D eigenvalue weighted by atomic mass is 79.9. The Hall–Kier alpha value is -1.17. The maximum atomic E-state index is 11.7. The van der Waals surface area contributed by atoms with Gasteiger partial charge in [-0.3, -0.25) is 0 Å². The van der Waals surface area contributed by atoms with Gasteiger partial charge in [0.15, 0.2) is 0 Å². The summed E-state index contributed by atoms with van der Waals surface area (Å²) < 4.78 is 12.9. The number of methoxy groups -OCH3 is 1. The van der Waals surface area contributed by atoms with Crippen LogP contribution in [0.4, 0.5) is 0 Å². The Kier molecular flexibility index (Phi) is 3.00. The maximum absolute atomic E-state index is 11.7. The fourth-order valence-corrected chi connectivity index (χ4v) is 3.80. The number of hydrogen-bond donors (Lipinski definition) is 0. The molecular weight excluding hydrogens is 400 g/mol.